The molecular weight excluding hydrogens is 360 g/mol. The van der Waals surface area contributed by atoms with Crippen molar-refractivity contribution in [2.45, 2.75) is 38.6 Å². The molecule has 1 fully saturated rings. The summed E-state index contributed by atoms with van der Waals surface area (Å²) < 4.78 is 11.7. The zero-order valence-electron chi connectivity index (χ0n) is 15.9. The van der Waals surface area contributed by atoms with E-state index in [9.17, 15) is 0 Å². The number of halogens is 1. The number of hydrogen-bond acceptors (Lipinski definition) is 4. The molecule has 4 nitrogen and oxygen atoms in total. The number of likely N-dealkylation sites (tertiary alicyclic amines) is 1. The normalized spacial score (nSPS) is 19.9. The topological polar surface area (TPSA) is 24.9 Å². The molecule has 0 amide bonds. The molecule has 5 heteroatoms. The lowest BCUT2D eigenvalue weighted by Gasteiger charge is -2.35. The van der Waals surface area contributed by atoms with Gasteiger partial charge in [-0.2, -0.15) is 0 Å². The number of piperidine rings is 1. The minimum atomic E-state index is 0.199. The highest BCUT2D eigenvalue weighted by Crippen LogP contribution is 2.41. The third kappa shape index (κ3) is 4.17. The van der Waals surface area contributed by atoms with Crippen LogP contribution < -0.4 is 14.4 Å². The van der Waals surface area contributed by atoms with E-state index in [4.69, 9.17) is 21.1 Å². The van der Waals surface area contributed by atoms with E-state index < -0.39 is 0 Å². The van der Waals surface area contributed by atoms with Gasteiger partial charge >= 0.3 is 0 Å². The quantitative estimate of drug-likeness (QED) is 0.695. The summed E-state index contributed by atoms with van der Waals surface area (Å²) in [7, 11) is 0. The molecule has 0 bridgehead atoms. The van der Waals surface area contributed by atoms with E-state index in [0.717, 1.165) is 42.4 Å². The smallest absolute Gasteiger partial charge is 0.231 e. The van der Waals surface area contributed by atoms with Gasteiger partial charge in [-0.1, -0.05) is 30.2 Å². The summed E-state index contributed by atoms with van der Waals surface area (Å²) in [5.74, 6) is 1.65. The molecule has 0 N–H and O–H groups in total. The minimum Gasteiger partial charge on any atom is -0.455 e. The van der Waals surface area contributed by atoms with Gasteiger partial charge in [-0.25, -0.2) is 0 Å². The van der Waals surface area contributed by atoms with E-state index in [0.29, 0.717) is 11.1 Å². The van der Waals surface area contributed by atoms with Crippen LogP contribution in [-0.4, -0.2) is 37.4 Å². The molecule has 144 valence electrons. The van der Waals surface area contributed by atoms with E-state index >= 15 is 0 Å². The number of anilines is 2. The van der Waals surface area contributed by atoms with Crippen LogP contribution in [0.25, 0.3) is 0 Å². The number of rotatable bonds is 4. The highest BCUT2D eigenvalue weighted by molar-refractivity contribution is 6.31. The van der Waals surface area contributed by atoms with Crippen molar-refractivity contribution in [3.8, 4) is 11.5 Å². The van der Waals surface area contributed by atoms with Crippen LogP contribution >= 0.6 is 11.6 Å². The van der Waals surface area contributed by atoms with Crippen molar-refractivity contribution in [2.24, 2.45) is 0 Å². The highest BCUT2D eigenvalue weighted by atomic mass is 35.5. The second kappa shape index (κ2) is 8.41. The van der Waals surface area contributed by atoms with Gasteiger partial charge in [0.2, 0.25) is 6.79 Å². The molecule has 2 aromatic carbocycles. The van der Waals surface area contributed by atoms with Gasteiger partial charge in [-0.05, 0) is 63.1 Å². The zero-order chi connectivity index (χ0) is 18.6. The summed E-state index contributed by atoms with van der Waals surface area (Å²) in [6.45, 7) is 5.76. The first-order valence-electron chi connectivity index (χ1n) is 9.88. The lowest BCUT2D eigenvalue weighted by molar-refractivity contribution is 0.118. The van der Waals surface area contributed by atoms with Crippen molar-refractivity contribution < 1.29 is 9.47 Å². The van der Waals surface area contributed by atoms with Crippen LogP contribution in [0.5, 0.6) is 11.5 Å². The van der Waals surface area contributed by atoms with E-state index in [1.54, 1.807) is 0 Å². The van der Waals surface area contributed by atoms with Crippen LogP contribution in [0.1, 0.15) is 32.6 Å². The molecule has 1 saturated heterocycles. The van der Waals surface area contributed by atoms with Crippen molar-refractivity contribution in [3.05, 3.63) is 47.5 Å². The molecule has 2 heterocycles. The number of para-hydroxylation sites is 2. The maximum atomic E-state index is 6.32. The Kier molecular flexibility index (Phi) is 5.74. The van der Waals surface area contributed by atoms with E-state index in [1.807, 2.05) is 30.3 Å². The van der Waals surface area contributed by atoms with Crippen LogP contribution in [0.3, 0.4) is 0 Å². The van der Waals surface area contributed by atoms with Gasteiger partial charge in [0, 0.05) is 24.2 Å². The van der Waals surface area contributed by atoms with Crippen molar-refractivity contribution in [3.63, 3.8) is 0 Å². The maximum absolute atomic E-state index is 6.32. The minimum absolute atomic E-state index is 0.199. The van der Waals surface area contributed by atoms with Crippen LogP contribution in [0.15, 0.2) is 42.5 Å². The molecular formula is C22H27ClN2O2. The molecule has 0 radical (unpaired) electrons. The number of fused-ring (bicyclic) bond motifs is 2. The monoisotopic (exact) mass is 386 g/mol. The molecule has 2 aliphatic heterocycles. The predicted molar refractivity (Wildman–Crippen MR) is 111 cm³/mol. The van der Waals surface area contributed by atoms with Gasteiger partial charge in [0.15, 0.2) is 0 Å². The average molecular weight is 387 g/mol. The van der Waals surface area contributed by atoms with Gasteiger partial charge in [0.25, 0.3) is 0 Å². The first-order chi connectivity index (χ1) is 13.2. The largest absolute Gasteiger partial charge is 0.455 e. The molecule has 0 aromatic heterocycles. The summed E-state index contributed by atoms with van der Waals surface area (Å²) in [5.41, 5.74) is 2.07. The summed E-state index contributed by atoms with van der Waals surface area (Å²) in [6.07, 6.45) is 5.06. The summed E-state index contributed by atoms with van der Waals surface area (Å²) >= 11 is 6.32. The fourth-order valence-corrected chi connectivity index (χ4v) is 4.24. The fraction of sp³-hybridized carbons (Fsp3) is 0.455. The average Bonchev–Trinajstić information content (AvgIpc) is 2.67. The van der Waals surface area contributed by atoms with E-state index in [-0.39, 0.29) is 6.79 Å². The molecule has 27 heavy (non-hydrogen) atoms. The summed E-state index contributed by atoms with van der Waals surface area (Å²) in [6, 6.07) is 14.6. The standard InChI is InChI=1S/C22H27ClN2O2/c1-17-7-4-5-12-24(17)13-6-14-25-19-8-2-3-9-21(19)26-16-27-22-11-10-18(23)15-20(22)25/h2-3,8-11,15,17H,4-7,12-14,16H2,1H3. The zero-order valence-corrected chi connectivity index (χ0v) is 16.6. The number of hydrogen-bond donors (Lipinski definition) is 0. The molecule has 0 aliphatic carbocycles. The van der Waals surface area contributed by atoms with E-state index in [2.05, 4.69) is 28.9 Å². The summed E-state index contributed by atoms with van der Waals surface area (Å²) in [5, 5.41) is 0.714. The second-order valence-electron chi connectivity index (χ2n) is 7.37. The molecule has 1 unspecified atom stereocenters. The van der Waals surface area contributed by atoms with Crippen molar-refractivity contribution in [2.75, 3.05) is 31.3 Å². The van der Waals surface area contributed by atoms with Crippen molar-refractivity contribution in [1.29, 1.82) is 0 Å². The van der Waals surface area contributed by atoms with Crippen molar-refractivity contribution in [1.82, 2.24) is 4.90 Å². The van der Waals surface area contributed by atoms with Crippen LogP contribution in [0, 0.1) is 0 Å². The van der Waals surface area contributed by atoms with Gasteiger partial charge in [-0.15, -0.1) is 0 Å². The van der Waals surface area contributed by atoms with Crippen LogP contribution in [0.2, 0.25) is 5.02 Å². The lowest BCUT2D eigenvalue weighted by Crippen LogP contribution is -2.39. The maximum Gasteiger partial charge on any atom is 0.231 e. The Morgan fingerprint density at radius 2 is 1.81 bits per heavy atom. The fourth-order valence-electron chi connectivity index (χ4n) is 4.07. The Labute approximate surface area is 166 Å². The van der Waals surface area contributed by atoms with Crippen LogP contribution in [-0.2, 0) is 0 Å². The Balaban J connectivity index is 1.58. The number of ether oxygens (including phenoxy) is 2. The second-order valence-corrected chi connectivity index (χ2v) is 7.81. The lowest BCUT2D eigenvalue weighted by atomic mass is 10.0. The predicted octanol–water partition coefficient (Wildman–Crippen LogP) is 5.47. The Morgan fingerprint density at radius 1 is 1.00 bits per heavy atom. The number of nitrogens with zero attached hydrogens (tertiary/aromatic N) is 2. The Morgan fingerprint density at radius 3 is 2.67 bits per heavy atom. The third-order valence-electron chi connectivity index (χ3n) is 5.56. The molecule has 1 atom stereocenters. The highest BCUT2D eigenvalue weighted by Gasteiger charge is 2.22. The third-order valence-corrected chi connectivity index (χ3v) is 5.80. The molecule has 4 rings (SSSR count). The van der Waals surface area contributed by atoms with Gasteiger partial charge < -0.3 is 19.3 Å². The number of benzene rings is 2. The molecule has 0 spiro atoms. The molecule has 2 aliphatic rings. The first-order valence-corrected chi connectivity index (χ1v) is 10.3. The van der Waals surface area contributed by atoms with Crippen LogP contribution in [0.4, 0.5) is 11.4 Å². The summed E-state index contributed by atoms with van der Waals surface area (Å²) in [4.78, 5) is 4.90. The van der Waals surface area contributed by atoms with Crippen molar-refractivity contribution >= 4 is 23.0 Å². The Bertz CT molecular complexity index is 783. The SMILES string of the molecule is CC1CCCCN1CCCN1c2ccccc2OCOc2ccc(Cl)cc21. The Hall–Kier alpha value is -1.91. The van der Waals surface area contributed by atoms with Gasteiger partial charge in [-0.3, -0.25) is 0 Å². The van der Waals surface area contributed by atoms with E-state index in [1.165, 1.54) is 25.8 Å². The van der Waals surface area contributed by atoms with Gasteiger partial charge in [0.05, 0.1) is 11.4 Å². The molecule has 2 aromatic rings. The van der Waals surface area contributed by atoms with Gasteiger partial charge in [0.1, 0.15) is 11.5 Å². The molecule has 0 saturated carbocycles. The first kappa shape index (κ1) is 18.5.